The van der Waals surface area contributed by atoms with Gasteiger partial charge < -0.3 is 19.5 Å². The third-order valence-corrected chi connectivity index (χ3v) is 8.94. The van der Waals surface area contributed by atoms with Crippen LogP contribution in [0.15, 0.2) is 17.7 Å². The fourth-order valence-electron chi connectivity index (χ4n) is 5.46. The first-order valence-corrected chi connectivity index (χ1v) is 14.8. The predicted molar refractivity (Wildman–Crippen MR) is 152 cm³/mol. The lowest BCUT2D eigenvalue weighted by Crippen LogP contribution is -2.50. The van der Waals surface area contributed by atoms with E-state index in [4.69, 9.17) is 9.47 Å². The summed E-state index contributed by atoms with van der Waals surface area (Å²) in [6.07, 6.45) is 7.97. The maximum absolute atomic E-state index is 14.1. The molecule has 38 heavy (non-hydrogen) atoms. The van der Waals surface area contributed by atoms with Crippen molar-refractivity contribution in [2.24, 2.45) is 11.3 Å². The number of thiophene rings is 1. The lowest BCUT2D eigenvalue weighted by Gasteiger charge is -2.42. The van der Waals surface area contributed by atoms with E-state index in [2.05, 4.69) is 45.6 Å². The Balaban J connectivity index is 1.60. The molecule has 2 fully saturated rings. The van der Waals surface area contributed by atoms with Crippen molar-refractivity contribution >= 4 is 28.7 Å². The van der Waals surface area contributed by atoms with E-state index in [0.29, 0.717) is 49.5 Å². The highest BCUT2D eigenvalue weighted by atomic mass is 32.1. The minimum Gasteiger partial charge on any atom is -0.387 e. The van der Waals surface area contributed by atoms with Crippen molar-refractivity contribution in [3.05, 3.63) is 27.5 Å². The summed E-state index contributed by atoms with van der Waals surface area (Å²) in [6.45, 7) is 11.4. The lowest BCUT2D eigenvalue weighted by atomic mass is 9.81. The molecule has 2 heterocycles. The molecule has 2 atom stereocenters. The van der Waals surface area contributed by atoms with Crippen LogP contribution in [0.3, 0.4) is 0 Å². The van der Waals surface area contributed by atoms with Gasteiger partial charge in [0.1, 0.15) is 0 Å². The van der Waals surface area contributed by atoms with Gasteiger partial charge in [-0.1, -0.05) is 23.5 Å². The van der Waals surface area contributed by atoms with Gasteiger partial charge in [0.05, 0.1) is 40.4 Å². The normalized spacial score (nSPS) is 27.8. The maximum Gasteiger partial charge on any atom is 0.230 e. The number of carbonyl (C=O) groups excluding carboxylic acids is 2. The summed E-state index contributed by atoms with van der Waals surface area (Å²) >= 11 is 1.38. The Kier molecular flexibility index (Phi) is 9.19. The summed E-state index contributed by atoms with van der Waals surface area (Å²) in [6, 6.07) is 1.85. The maximum atomic E-state index is 14.1. The van der Waals surface area contributed by atoms with Crippen LogP contribution in [0.1, 0.15) is 101 Å². The molecule has 3 aliphatic rings. The number of aliphatic hydroxyl groups is 1. The standard InChI is InChI=1S/C31H43NO5S/c1-21-6-8-23(9-7-21)29(34)32(27-18-26(12-14-30(3,4)5)38-28(27)22(2)33)24-10-15-31(35,16-11-24)20-37-25-13-17-36-19-25/h6,18,23-25,35H,7-11,13,15-17,19-20H2,1-5H3/t23-,24?,25-,31?/m0/s1. The average molecular weight is 542 g/mol. The molecule has 0 radical (unpaired) electrons. The minimum atomic E-state index is -0.903. The summed E-state index contributed by atoms with van der Waals surface area (Å²) in [5.74, 6) is 6.43. The van der Waals surface area contributed by atoms with Crippen molar-refractivity contribution in [2.45, 2.75) is 104 Å². The van der Waals surface area contributed by atoms with Crippen LogP contribution in [0.25, 0.3) is 0 Å². The third kappa shape index (κ3) is 7.35. The molecule has 1 saturated heterocycles. The van der Waals surface area contributed by atoms with Crippen molar-refractivity contribution in [2.75, 3.05) is 24.7 Å². The third-order valence-electron chi connectivity index (χ3n) is 7.80. The largest absolute Gasteiger partial charge is 0.387 e. The zero-order valence-electron chi connectivity index (χ0n) is 23.6. The Morgan fingerprint density at radius 3 is 2.55 bits per heavy atom. The van der Waals surface area contributed by atoms with Crippen molar-refractivity contribution in [1.29, 1.82) is 0 Å². The number of hydrogen-bond acceptors (Lipinski definition) is 6. The van der Waals surface area contributed by atoms with Crippen LogP contribution in [0.4, 0.5) is 5.69 Å². The second kappa shape index (κ2) is 12.0. The smallest absolute Gasteiger partial charge is 0.230 e. The van der Waals surface area contributed by atoms with Gasteiger partial charge >= 0.3 is 0 Å². The molecule has 1 aliphatic heterocycles. The molecule has 1 N–H and O–H groups in total. The van der Waals surface area contributed by atoms with E-state index in [0.717, 1.165) is 30.6 Å². The second-order valence-corrected chi connectivity index (χ2v) is 13.4. The first-order chi connectivity index (χ1) is 17.9. The van der Waals surface area contributed by atoms with Gasteiger partial charge in [0.15, 0.2) is 5.78 Å². The molecule has 208 valence electrons. The van der Waals surface area contributed by atoms with Crippen LogP contribution in [0.2, 0.25) is 0 Å². The Morgan fingerprint density at radius 2 is 1.97 bits per heavy atom. The summed E-state index contributed by atoms with van der Waals surface area (Å²) in [5.41, 5.74) is 0.949. The quantitative estimate of drug-likeness (QED) is 0.264. The molecule has 0 spiro atoms. The first-order valence-electron chi connectivity index (χ1n) is 14.0. The van der Waals surface area contributed by atoms with E-state index in [1.54, 1.807) is 6.92 Å². The van der Waals surface area contributed by atoms with Gasteiger partial charge in [0.25, 0.3) is 0 Å². The van der Waals surface area contributed by atoms with E-state index in [1.165, 1.54) is 16.9 Å². The van der Waals surface area contributed by atoms with Crippen LogP contribution in [0, 0.1) is 23.2 Å². The van der Waals surface area contributed by atoms with Crippen LogP contribution in [-0.2, 0) is 14.3 Å². The van der Waals surface area contributed by atoms with E-state index >= 15 is 0 Å². The number of carbonyl (C=O) groups is 2. The van der Waals surface area contributed by atoms with Crippen LogP contribution < -0.4 is 4.90 Å². The van der Waals surface area contributed by atoms with Gasteiger partial charge in [-0.2, -0.15) is 0 Å². The highest BCUT2D eigenvalue weighted by molar-refractivity contribution is 7.15. The zero-order valence-corrected chi connectivity index (χ0v) is 24.4. The van der Waals surface area contributed by atoms with Gasteiger partial charge in [-0.05, 0) is 85.1 Å². The number of anilines is 1. The van der Waals surface area contributed by atoms with Crippen LogP contribution >= 0.6 is 11.3 Å². The van der Waals surface area contributed by atoms with Gasteiger partial charge in [-0.25, -0.2) is 0 Å². The van der Waals surface area contributed by atoms with Gasteiger partial charge in [0.2, 0.25) is 5.91 Å². The number of rotatable bonds is 7. The molecule has 4 rings (SSSR count). The number of hydrogen-bond donors (Lipinski definition) is 1. The zero-order chi connectivity index (χ0) is 27.5. The van der Waals surface area contributed by atoms with Crippen molar-refractivity contribution in [3.63, 3.8) is 0 Å². The van der Waals surface area contributed by atoms with Gasteiger partial charge in [-0.3, -0.25) is 9.59 Å². The molecule has 6 nitrogen and oxygen atoms in total. The van der Waals surface area contributed by atoms with Gasteiger partial charge in [0, 0.05) is 30.9 Å². The number of ether oxygens (including phenoxy) is 2. The van der Waals surface area contributed by atoms with Crippen LogP contribution in [0.5, 0.6) is 0 Å². The average Bonchev–Trinajstić information content (AvgIpc) is 3.53. The van der Waals surface area contributed by atoms with Gasteiger partial charge in [-0.15, -0.1) is 11.3 Å². The first kappa shape index (κ1) is 29.0. The van der Waals surface area contributed by atoms with E-state index in [-0.39, 0.29) is 41.8 Å². The predicted octanol–water partition coefficient (Wildman–Crippen LogP) is 5.91. The number of allylic oxidation sites excluding steroid dienone is 2. The SMILES string of the molecule is CC(=O)c1sc(C#CC(C)(C)C)cc1N(C(=O)[C@H]1CC=C(C)CC1)C1CCC(O)(CO[C@H]2CCOC2)CC1. The monoisotopic (exact) mass is 541 g/mol. The Morgan fingerprint density at radius 1 is 1.24 bits per heavy atom. The Hall–Kier alpha value is -1.98. The lowest BCUT2D eigenvalue weighted by molar-refractivity contribution is -0.124. The molecule has 0 bridgehead atoms. The van der Waals surface area contributed by atoms with E-state index in [9.17, 15) is 14.7 Å². The fraction of sp³-hybridized carbons (Fsp3) is 0.677. The topological polar surface area (TPSA) is 76.1 Å². The molecule has 0 unspecified atom stereocenters. The Bertz CT molecular complexity index is 1100. The van der Waals surface area contributed by atoms with Crippen molar-refractivity contribution < 1.29 is 24.2 Å². The van der Waals surface area contributed by atoms with Crippen molar-refractivity contribution in [3.8, 4) is 11.8 Å². The minimum absolute atomic E-state index is 0.0502. The number of Topliss-reactive ketones (excluding diaryl/α,β-unsaturated/α-hetero) is 1. The second-order valence-electron chi connectivity index (χ2n) is 12.4. The molecule has 7 heteroatoms. The molecule has 1 saturated carbocycles. The summed E-state index contributed by atoms with van der Waals surface area (Å²) in [7, 11) is 0. The highest BCUT2D eigenvalue weighted by Crippen LogP contribution is 2.40. The number of ketones is 1. The Labute approximate surface area is 231 Å². The number of nitrogens with zero attached hydrogens (tertiary/aromatic N) is 1. The molecule has 1 aromatic heterocycles. The fourth-order valence-corrected chi connectivity index (χ4v) is 6.36. The van der Waals surface area contributed by atoms with E-state index < -0.39 is 5.60 Å². The summed E-state index contributed by atoms with van der Waals surface area (Å²) in [5, 5.41) is 11.3. The van der Waals surface area contributed by atoms with E-state index in [1.807, 2.05) is 11.0 Å². The molecule has 2 aliphatic carbocycles. The summed E-state index contributed by atoms with van der Waals surface area (Å²) < 4.78 is 11.4. The highest BCUT2D eigenvalue weighted by Gasteiger charge is 2.41. The summed E-state index contributed by atoms with van der Waals surface area (Å²) in [4.78, 5) is 30.2. The number of amides is 1. The molecular formula is C31H43NO5S. The molecule has 1 amide bonds. The molecule has 1 aromatic rings. The van der Waals surface area contributed by atoms with Crippen molar-refractivity contribution in [1.82, 2.24) is 0 Å². The molecule has 0 aromatic carbocycles. The van der Waals surface area contributed by atoms with Crippen LogP contribution in [-0.4, -0.2) is 54.4 Å². The molecular weight excluding hydrogens is 498 g/mol.